The van der Waals surface area contributed by atoms with Crippen LogP contribution in [-0.2, 0) is 0 Å². The molecule has 0 fully saturated rings. The summed E-state index contributed by atoms with van der Waals surface area (Å²) in [6.45, 7) is 9.15. The Bertz CT molecular complexity index is 924. The summed E-state index contributed by atoms with van der Waals surface area (Å²) in [4.78, 5) is 13.4. The Morgan fingerprint density at radius 2 is 2.22 bits per heavy atom. The van der Waals surface area contributed by atoms with E-state index < -0.39 is 0 Å². The molecular formula is C19H24N6O2. The molecule has 0 bridgehead atoms. The molecule has 0 unspecified atom stereocenters. The van der Waals surface area contributed by atoms with Crippen molar-refractivity contribution in [1.82, 2.24) is 29.9 Å². The van der Waals surface area contributed by atoms with Crippen LogP contribution >= 0.6 is 0 Å². The summed E-state index contributed by atoms with van der Waals surface area (Å²) >= 11 is 0. The summed E-state index contributed by atoms with van der Waals surface area (Å²) in [6.07, 6.45) is 7.63. The highest BCUT2D eigenvalue weighted by Gasteiger charge is 2.18. The smallest absolute Gasteiger partial charge is 0.261 e. The van der Waals surface area contributed by atoms with Gasteiger partial charge in [-0.05, 0) is 26.0 Å². The molecule has 3 aromatic rings. The van der Waals surface area contributed by atoms with Crippen molar-refractivity contribution in [3.8, 4) is 23.0 Å². The van der Waals surface area contributed by atoms with Crippen molar-refractivity contribution in [2.45, 2.75) is 26.3 Å². The maximum absolute atomic E-state index is 5.80. The Morgan fingerprint density at radius 1 is 1.37 bits per heavy atom. The lowest BCUT2D eigenvalue weighted by molar-refractivity contribution is 0.313. The van der Waals surface area contributed by atoms with Gasteiger partial charge in [0.2, 0.25) is 5.65 Å². The van der Waals surface area contributed by atoms with Gasteiger partial charge in [0.15, 0.2) is 5.82 Å². The number of rotatable bonds is 9. The van der Waals surface area contributed by atoms with Gasteiger partial charge in [0, 0.05) is 18.4 Å². The number of hydrogen-bond acceptors (Lipinski definition) is 7. The van der Waals surface area contributed by atoms with Crippen molar-refractivity contribution >= 4 is 5.65 Å². The van der Waals surface area contributed by atoms with E-state index in [1.807, 2.05) is 6.07 Å². The van der Waals surface area contributed by atoms with Crippen LogP contribution in [-0.4, -0.2) is 44.8 Å². The fourth-order valence-corrected chi connectivity index (χ4v) is 2.70. The standard InChI is InChI=1S/C19H24N6O2/c1-5-7-10-27-19-18-21-8-9-25(18)24-17(23-19)14-11-15(13(3)20-6-2)22-12-16(14)26-4/h5,8-9,11-13,20H,1,6-7,10H2,2-4H3/t13-/m1/s1. The molecule has 8 nitrogen and oxygen atoms in total. The average Bonchev–Trinajstić information content (AvgIpc) is 3.16. The van der Waals surface area contributed by atoms with Crippen LogP contribution < -0.4 is 14.8 Å². The lowest BCUT2D eigenvalue weighted by Gasteiger charge is -2.15. The Kier molecular flexibility index (Phi) is 5.97. The second-order valence-corrected chi connectivity index (χ2v) is 5.95. The van der Waals surface area contributed by atoms with Crippen molar-refractivity contribution < 1.29 is 9.47 Å². The number of nitrogens with one attached hydrogen (secondary N) is 1. The van der Waals surface area contributed by atoms with Crippen LogP contribution in [0, 0.1) is 0 Å². The molecular weight excluding hydrogens is 344 g/mol. The summed E-state index contributed by atoms with van der Waals surface area (Å²) in [7, 11) is 1.60. The topological polar surface area (TPSA) is 86.5 Å². The predicted molar refractivity (Wildman–Crippen MR) is 103 cm³/mol. The Hall–Kier alpha value is -3.00. The second-order valence-electron chi connectivity index (χ2n) is 5.95. The lowest BCUT2D eigenvalue weighted by Crippen LogP contribution is -2.19. The van der Waals surface area contributed by atoms with E-state index in [1.54, 1.807) is 36.3 Å². The molecule has 0 radical (unpaired) electrons. The predicted octanol–water partition coefficient (Wildman–Crippen LogP) is 2.82. The number of pyridine rings is 1. The molecule has 27 heavy (non-hydrogen) atoms. The van der Waals surface area contributed by atoms with Crippen molar-refractivity contribution in [3.63, 3.8) is 0 Å². The van der Waals surface area contributed by atoms with Gasteiger partial charge in [0.1, 0.15) is 5.75 Å². The number of imidazole rings is 1. The Balaban J connectivity index is 2.07. The van der Waals surface area contributed by atoms with E-state index in [1.165, 1.54) is 0 Å². The molecule has 0 aliphatic heterocycles. The fraction of sp³-hybridized carbons (Fsp3) is 0.368. The third-order valence-electron chi connectivity index (χ3n) is 4.09. The van der Waals surface area contributed by atoms with Gasteiger partial charge in [-0.15, -0.1) is 11.7 Å². The second kappa shape index (κ2) is 8.59. The molecule has 0 aliphatic carbocycles. The zero-order chi connectivity index (χ0) is 19.2. The SMILES string of the molecule is C=CCCOc1nc(-c2cc([C@@H](C)NCC)ncc2OC)nn2ccnc12. The Morgan fingerprint density at radius 3 is 2.96 bits per heavy atom. The summed E-state index contributed by atoms with van der Waals surface area (Å²) in [6, 6.07) is 2.04. The van der Waals surface area contributed by atoms with Crippen LogP contribution in [0.2, 0.25) is 0 Å². The molecule has 0 saturated heterocycles. The van der Waals surface area contributed by atoms with Crippen molar-refractivity contribution in [2.24, 2.45) is 0 Å². The first-order chi connectivity index (χ1) is 13.2. The monoisotopic (exact) mass is 368 g/mol. The molecule has 0 amide bonds. The molecule has 8 heteroatoms. The molecule has 0 saturated carbocycles. The summed E-state index contributed by atoms with van der Waals surface area (Å²) in [5.74, 6) is 1.50. The average molecular weight is 368 g/mol. The molecule has 142 valence electrons. The van der Waals surface area contributed by atoms with Crippen LogP contribution in [0.5, 0.6) is 11.6 Å². The van der Waals surface area contributed by atoms with E-state index >= 15 is 0 Å². The highest BCUT2D eigenvalue weighted by molar-refractivity contribution is 5.65. The summed E-state index contributed by atoms with van der Waals surface area (Å²) in [5.41, 5.74) is 2.20. The van der Waals surface area contributed by atoms with Crippen LogP contribution in [0.3, 0.4) is 0 Å². The molecule has 3 aromatic heterocycles. The zero-order valence-electron chi connectivity index (χ0n) is 15.8. The number of aromatic nitrogens is 5. The van der Waals surface area contributed by atoms with Crippen LogP contribution in [0.1, 0.15) is 32.0 Å². The first-order valence-corrected chi connectivity index (χ1v) is 8.90. The quantitative estimate of drug-likeness (QED) is 0.459. The van der Waals surface area contributed by atoms with Crippen LogP contribution in [0.4, 0.5) is 0 Å². The van der Waals surface area contributed by atoms with Gasteiger partial charge in [-0.25, -0.2) is 9.50 Å². The third-order valence-corrected chi connectivity index (χ3v) is 4.09. The van der Waals surface area contributed by atoms with Crippen molar-refractivity contribution in [1.29, 1.82) is 0 Å². The maximum atomic E-state index is 5.80. The first-order valence-electron chi connectivity index (χ1n) is 8.90. The normalized spacial score (nSPS) is 12.1. The summed E-state index contributed by atoms with van der Waals surface area (Å²) in [5, 5.41) is 7.92. The Labute approximate surface area is 158 Å². The van der Waals surface area contributed by atoms with Crippen LogP contribution in [0.15, 0.2) is 37.3 Å². The number of ether oxygens (including phenoxy) is 2. The first kappa shape index (κ1) is 18.8. The maximum Gasteiger partial charge on any atom is 0.261 e. The minimum Gasteiger partial charge on any atom is -0.494 e. The minimum absolute atomic E-state index is 0.0972. The van der Waals surface area contributed by atoms with Gasteiger partial charge in [-0.3, -0.25) is 4.98 Å². The highest BCUT2D eigenvalue weighted by atomic mass is 16.5. The molecule has 1 atom stereocenters. The van der Waals surface area contributed by atoms with E-state index in [-0.39, 0.29) is 6.04 Å². The largest absolute Gasteiger partial charge is 0.494 e. The van der Waals surface area contributed by atoms with E-state index in [9.17, 15) is 0 Å². The van der Waals surface area contributed by atoms with E-state index in [2.05, 4.69) is 45.8 Å². The third kappa shape index (κ3) is 4.06. The molecule has 1 N–H and O–H groups in total. The number of fused-ring (bicyclic) bond motifs is 1. The molecule has 0 aliphatic rings. The van der Waals surface area contributed by atoms with E-state index in [4.69, 9.17) is 9.47 Å². The van der Waals surface area contributed by atoms with Crippen molar-refractivity contribution in [3.05, 3.63) is 43.0 Å². The lowest BCUT2D eigenvalue weighted by atomic mass is 10.1. The van der Waals surface area contributed by atoms with Gasteiger partial charge in [-0.1, -0.05) is 13.0 Å². The van der Waals surface area contributed by atoms with Gasteiger partial charge in [0.25, 0.3) is 5.88 Å². The van der Waals surface area contributed by atoms with Gasteiger partial charge in [-0.2, -0.15) is 4.98 Å². The van der Waals surface area contributed by atoms with Gasteiger partial charge in [0.05, 0.1) is 31.2 Å². The van der Waals surface area contributed by atoms with Crippen LogP contribution in [0.25, 0.3) is 17.0 Å². The number of hydrogen-bond donors (Lipinski definition) is 1. The summed E-state index contributed by atoms with van der Waals surface area (Å²) < 4.78 is 12.9. The van der Waals surface area contributed by atoms with Gasteiger partial charge >= 0.3 is 0 Å². The van der Waals surface area contributed by atoms with Crippen molar-refractivity contribution in [2.75, 3.05) is 20.3 Å². The highest BCUT2D eigenvalue weighted by Crippen LogP contribution is 2.30. The zero-order valence-corrected chi connectivity index (χ0v) is 15.8. The van der Waals surface area contributed by atoms with E-state index in [0.29, 0.717) is 29.7 Å². The number of nitrogens with zero attached hydrogens (tertiary/aromatic N) is 5. The molecule has 3 rings (SSSR count). The number of methoxy groups -OCH3 is 1. The minimum atomic E-state index is 0.0972. The fourth-order valence-electron chi connectivity index (χ4n) is 2.70. The van der Waals surface area contributed by atoms with Gasteiger partial charge < -0.3 is 14.8 Å². The molecule has 3 heterocycles. The molecule has 0 spiro atoms. The molecule has 0 aromatic carbocycles. The van der Waals surface area contributed by atoms with E-state index in [0.717, 1.165) is 24.2 Å².